The lowest BCUT2D eigenvalue weighted by atomic mass is 10.1. The minimum atomic E-state index is 1.07. The van der Waals surface area contributed by atoms with Crippen LogP contribution in [-0.4, -0.2) is 6.26 Å². The number of thiol groups is 1. The molecule has 0 heterocycles. The maximum absolute atomic E-state index is 4.50. The van der Waals surface area contributed by atoms with Gasteiger partial charge in [-0.25, -0.2) is 0 Å². The molecule has 14 heavy (non-hydrogen) atoms. The first-order valence-electron chi connectivity index (χ1n) is 4.48. The second-order valence-electron chi connectivity index (χ2n) is 3.34. The van der Waals surface area contributed by atoms with Crippen molar-refractivity contribution < 1.29 is 0 Å². The molecule has 0 fully saturated rings. The molecule has 0 aliphatic rings. The van der Waals surface area contributed by atoms with Crippen molar-refractivity contribution in [2.24, 2.45) is 0 Å². The lowest BCUT2D eigenvalue weighted by molar-refractivity contribution is 1.40. The number of hydrogen-bond acceptors (Lipinski definition) is 2. The summed E-state index contributed by atoms with van der Waals surface area (Å²) >= 11 is 6.28. The number of fused-ring (bicyclic) bond motifs is 1. The quantitative estimate of drug-likeness (QED) is 0.556. The molecule has 0 unspecified atom stereocenters. The molecule has 0 saturated carbocycles. The highest BCUT2D eigenvalue weighted by atomic mass is 32.2. The van der Waals surface area contributed by atoms with Crippen LogP contribution in [0.1, 0.15) is 5.56 Å². The molecule has 0 aromatic heterocycles. The Morgan fingerprint density at radius 2 is 1.93 bits per heavy atom. The van der Waals surface area contributed by atoms with E-state index in [4.69, 9.17) is 0 Å². The third kappa shape index (κ3) is 1.64. The van der Waals surface area contributed by atoms with Gasteiger partial charge in [0.1, 0.15) is 0 Å². The van der Waals surface area contributed by atoms with Crippen LogP contribution in [0.15, 0.2) is 40.1 Å². The van der Waals surface area contributed by atoms with E-state index in [9.17, 15) is 0 Å². The molecule has 0 aliphatic heterocycles. The second kappa shape index (κ2) is 3.87. The standard InChI is InChI=1S/C12H12S2/c1-8-6-10-9(11(13)7-8)4-3-5-12(10)14-2/h3-7,13H,1-2H3. The molecular formula is C12H12S2. The Labute approximate surface area is 94.1 Å². The van der Waals surface area contributed by atoms with E-state index < -0.39 is 0 Å². The summed E-state index contributed by atoms with van der Waals surface area (Å²) in [6, 6.07) is 10.7. The van der Waals surface area contributed by atoms with Crippen molar-refractivity contribution in [3.05, 3.63) is 35.9 Å². The van der Waals surface area contributed by atoms with E-state index in [2.05, 4.69) is 56.1 Å². The van der Waals surface area contributed by atoms with Crippen LogP contribution in [0.5, 0.6) is 0 Å². The number of thioether (sulfide) groups is 1. The highest BCUT2D eigenvalue weighted by Gasteiger charge is 2.02. The molecule has 0 saturated heterocycles. The SMILES string of the molecule is CSc1cccc2c(S)cc(C)cc12. The van der Waals surface area contributed by atoms with Crippen LogP contribution in [0, 0.1) is 6.92 Å². The summed E-state index contributed by atoms with van der Waals surface area (Å²) < 4.78 is 0. The van der Waals surface area contributed by atoms with Gasteiger partial charge in [0.15, 0.2) is 0 Å². The van der Waals surface area contributed by atoms with E-state index in [1.54, 1.807) is 11.8 Å². The van der Waals surface area contributed by atoms with Gasteiger partial charge in [0.2, 0.25) is 0 Å². The topological polar surface area (TPSA) is 0 Å². The summed E-state index contributed by atoms with van der Waals surface area (Å²) in [4.78, 5) is 2.39. The van der Waals surface area contributed by atoms with Crippen LogP contribution < -0.4 is 0 Å². The molecule has 2 aromatic carbocycles. The van der Waals surface area contributed by atoms with Crippen LogP contribution in [0.3, 0.4) is 0 Å². The van der Waals surface area contributed by atoms with E-state index in [0.29, 0.717) is 0 Å². The van der Waals surface area contributed by atoms with Crippen LogP contribution in [0.2, 0.25) is 0 Å². The Balaban J connectivity index is 2.86. The zero-order valence-corrected chi connectivity index (χ0v) is 9.95. The van der Waals surface area contributed by atoms with Crippen LogP contribution in [0.25, 0.3) is 10.8 Å². The summed E-state index contributed by atoms with van der Waals surface area (Å²) in [5.41, 5.74) is 1.27. The first kappa shape index (κ1) is 9.94. The monoisotopic (exact) mass is 220 g/mol. The molecule has 0 nitrogen and oxygen atoms in total. The Bertz CT molecular complexity index is 475. The van der Waals surface area contributed by atoms with Crippen molar-refractivity contribution in [3.8, 4) is 0 Å². The maximum Gasteiger partial charge on any atom is 0.0148 e. The first-order chi connectivity index (χ1) is 6.72. The van der Waals surface area contributed by atoms with Gasteiger partial charge in [0, 0.05) is 9.79 Å². The van der Waals surface area contributed by atoms with Crippen molar-refractivity contribution in [1.29, 1.82) is 0 Å². The molecule has 0 radical (unpaired) electrons. The summed E-state index contributed by atoms with van der Waals surface area (Å²) in [6.45, 7) is 2.11. The number of benzene rings is 2. The number of rotatable bonds is 1. The van der Waals surface area contributed by atoms with Gasteiger partial charge in [-0.15, -0.1) is 24.4 Å². The molecule has 72 valence electrons. The maximum atomic E-state index is 4.50. The van der Waals surface area contributed by atoms with E-state index in [0.717, 1.165) is 4.90 Å². The van der Waals surface area contributed by atoms with E-state index in [-0.39, 0.29) is 0 Å². The molecule has 0 bridgehead atoms. The fourth-order valence-corrected chi connectivity index (χ4v) is 2.66. The summed E-state index contributed by atoms with van der Waals surface area (Å²) in [5, 5.41) is 2.55. The van der Waals surface area contributed by atoms with Gasteiger partial charge in [0.05, 0.1) is 0 Å². The van der Waals surface area contributed by atoms with Gasteiger partial charge < -0.3 is 0 Å². The van der Waals surface area contributed by atoms with E-state index >= 15 is 0 Å². The van der Waals surface area contributed by atoms with E-state index in [1.807, 2.05) is 0 Å². The molecule has 2 heteroatoms. The normalized spacial score (nSPS) is 10.8. The molecule has 2 aromatic rings. The van der Waals surface area contributed by atoms with Crippen LogP contribution in [-0.2, 0) is 0 Å². The van der Waals surface area contributed by atoms with Gasteiger partial charge >= 0.3 is 0 Å². The highest BCUT2D eigenvalue weighted by molar-refractivity contribution is 7.98. The lowest BCUT2D eigenvalue weighted by Crippen LogP contribution is -1.81. The molecule has 0 aliphatic carbocycles. The van der Waals surface area contributed by atoms with Crippen molar-refractivity contribution in [1.82, 2.24) is 0 Å². The average Bonchev–Trinajstić information content (AvgIpc) is 2.17. The third-order valence-corrected chi connectivity index (χ3v) is 3.46. The number of hydrogen-bond donors (Lipinski definition) is 1. The largest absolute Gasteiger partial charge is 0.143 e. The summed E-state index contributed by atoms with van der Waals surface area (Å²) in [7, 11) is 0. The van der Waals surface area contributed by atoms with Gasteiger partial charge in [-0.1, -0.05) is 18.2 Å². The molecule has 2 rings (SSSR count). The Morgan fingerprint density at radius 3 is 2.64 bits per heavy atom. The fourth-order valence-electron chi connectivity index (χ4n) is 1.66. The van der Waals surface area contributed by atoms with Crippen LogP contribution >= 0.6 is 24.4 Å². The average molecular weight is 220 g/mol. The molecule has 0 amide bonds. The van der Waals surface area contributed by atoms with Crippen LogP contribution in [0.4, 0.5) is 0 Å². The van der Waals surface area contributed by atoms with E-state index in [1.165, 1.54) is 21.2 Å². The lowest BCUT2D eigenvalue weighted by Gasteiger charge is -2.07. The Morgan fingerprint density at radius 1 is 1.14 bits per heavy atom. The van der Waals surface area contributed by atoms with Crippen molar-refractivity contribution in [2.45, 2.75) is 16.7 Å². The minimum absolute atomic E-state index is 1.07. The Kier molecular flexibility index (Phi) is 2.75. The third-order valence-electron chi connectivity index (χ3n) is 2.30. The van der Waals surface area contributed by atoms with Gasteiger partial charge in [-0.3, -0.25) is 0 Å². The summed E-state index contributed by atoms with van der Waals surface area (Å²) in [5.74, 6) is 0. The molecule has 0 N–H and O–H groups in total. The highest BCUT2D eigenvalue weighted by Crippen LogP contribution is 2.30. The zero-order chi connectivity index (χ0) is 10.1. The summed E-state index contributed by atoms with van der Waals surface area (Å²) in [6.07, 6.45) is 2.11. The number of aryl methyl sites for hydroxylation is 1. The smallest absolute Gasteiger partial charge is 0.0148 e. The molecule has 0 spiro atoms. The van der Waals surface area contributed by atoms with Crippen molar-refractivity contribution >= 4 is 35.2 Å². The predicted molar refractivity (Wildman–Crippen MR) is 67.7 cm³/mol. The van der Waals surface area contributed by atoms with Gasteiger partial charge in [-0.05, 0) is 41.6 Å². The second-order valence-corrected chi connectivity index (χ2v) is 4.67. The fraction of sp³-hybridized carbons (Fsp3) is 0.167. The molecule has 0 atom stereocenters. The van der Waals surface area contributed by atoms with Gasteiger partial charge in [-0.2, -0.15) is 0 Å². The zero-order valence-electron chi connectivity index (χ0n) is 8.24. The molecular weight excluding hydrogens is 208 g/mol. The van der Waals surface area contributed by atoms with Gasteiger partial charge in [0.25, 0.3) is 0 Å². The van der Waals surface area contributed by atoms with Crippen molar-refractivity contribution in [3.63, 3.8) is 0 Å². The first-order valence-corrected chi connectivity index (χ1v) is 6.16. The predicted octanol–water partition coefficient (Wildman–Crippen LogP) is 4.16. The Hall–Kier alpha value is -0.600. The minimum Gasteiger partial charge on any atom is -0.143 e. The van der Waals surface area contributed by atoms with Crippen molar-refractivity contribution in [2.75, 3.05) is 6.26 Å².